The Hall–Kier alpha value is -3.02. The Morgan fingerprint density at radius 2 is 1.68 bits per heavy atom. The van der Waals surface area contributed by atoms with Crippen molar-refractivity contribution >= 4 is 23.7 Å². The van der Waals surface area contributed by atoms with E-state index in [1.807, 2.05) is 19.9 Å². The SMILES string of the molecule is CCN1C(=O)N/C(=C/c2cc(C)n(-c3ccc(N(CC)CC)cc3)c2C)C1=O. The lowest BCUT2D eigenvalue weighted by Gasteiger charge is -2.21. The Morgan fingerprint density at radius 1 is 1.04 bits per heavy atom. The standard InChI is InChI=1S/C22H28N4O2/c1-6-24(7-2)18-9-11-19(12-10-18)26-15(4)13-17(16(26)5)14-20-21(27)25(8-3)22(28)23-20/h9-14H,6-8H2,1-5H3,(H,23,28)/b20-14+. The van der Waals surface area contributed by atoms with Crippen molar-refractivity contribution in [1.29, 1.82) is 0 Å². The molecule has 6 nitrogen and oxygen atoms in total. The second kappa shape index (κ2) is 7.92. The Labute approximate surface area is 166 Å². The van der Waals surface area contributed by atoms with E-state index in [-0.39, 0.29) is 11.9 Å². The van der Waals surface area contributed by atoms with Gasteiger partial charge in [-0.2, -0.15) is 0 Å². The number of nitrogens with one attached hydrogen (secondary N) is 1. The Balaban J connectivity index is 1.94. The van der Waals surface area contributed by atoms with Crippen LogP contribution in [0.5, 0.6) is 0 Å². The molecule has 2 heterocycles. The van der Waals surface area contributed by atoms with E-state index in [0.717, 1.165) is 35.7 Å². The third-order valence-electron chi connectivity index (χ3n) is 5.29. The fraction of sp³-hybridized carbons (Fsp3) is 0.364. The van der Waals surface area contributed by atoms with E-state index in [4.69, 9.17) is 0 Å². The number of likely N-dealkylation sites (N-methyl/N-ethyl adjacent to an activating group) is 1. The highest BCUT2D eigenvalue weighted by Crippen LogP contribution is 2.25. The molecule has 1 aromatic carbocycles. The van der Waals surface area contributed by atoms with Crippen molar-refractivity contribution in [2.45, 2.75) is 34.6 Å². The van der Waals surface area contributed by atoms with E-state index in [2.05, 4.69) is 52.9 Å². The number of hydrogen-bond donors (Lipinski definition) is 1. The number of urea groups is 1. The molecule has 3 amide bonds. The molecule has 148 valence electrons. The van der Waals surface area contributed by atoms with Crippen LogP contribution in [0.3, 0.4) is 0 Å². The summed E-state index contributed by atoms with van der Waals surface area (Å²) in [6.45, 7) is 12.5. The predicted molar refractivity (Wildman–Crippen MR) is 113 cm³/mol. The average molecular weight is 380 g/mol. The van der Waals surface area contributed by atoms with Crippen LogP contribution in [0.4, 0.5) is 10.5 Å². The van der Waals surface area contributed by atoms with Crippen LogP contribution in [0, 0.1) is 13.8 Å². The van der Waals surface area contributed by atoms with Gasteiger partial charge in [-0.15, -0.1) is 0 Å². The van der Waals surface area contributed by atoms with Gasteiger partial charge in [-0.05, 0) is 76.6 Å². The molecule has 6 heteroatoms. The van der Waals surface area contributed by atoms with Crippen LogP contribution in [0.2, 0.25) is 0 Å². The molecule has 0 spiro atoms. The number of anilines is 1. The number of nitrogens with zero attached hydrogens (tertiary/aromatic N) is 3. The summed E-state index contributed by atoms with van der Waals surface area (Å²) < 4.78 is 2.16. The van der Waals surface area contributed by atoms with E-state index in [9.17, 15) is 9.59 Å². The number of rotatable bonds is 6. The maximum absolute atomic E-state index is 12.3. The maximum atomic E-state index is 12.3. The largest absolute Gasteiger partial charge is 0.372 e. The maximum Gasteiger partial charge on any atom is 0.328 e. The van der Waals surface area contributed by atoms with E-state index >= 15 is 0 Å². The fourth-order valence-corrected chi connectivity index (χ4v) is 3.75. The summed E-state index contributed by atoms with van der Waals surface area (Å²) in [6.07, 6.45) is 1.76. The van der Waals surface area contributed by atoms with Crippen LogP contribution >= 0.6 is 0 Å². The van der Waals surface area contributed by atoms with Crippen LogP contribution in [0.15, 0.2) is 36.0 Å². The van der Waals surface area contributed by atoms with Crippen LogP contribution < -0.4 is 10.2 Å². The van der Waals surface area contributed by atoms with Crippen LogP contribution in [0.25, 0.3) is 11.8 Å². The van der Waals surface area contributed by atoms with Crippen LogP contribution in [-0.4, -0.2) is 41.0 Å². The zero-order valence-corrected chi connectivity index (χ0v) is 17.2. The van der Waals surface area contributed by atoms with Crippen LogP contribution in [-0.2, 0) is 4.79 Å². The van der Waals surface area contributed by atoms with Gasteiger partial charge in [0.25, 0.3) is 5.91 Å². The Morgan fingerprint density at radius 3 is 2.21 bits per heavy atom. The zero-order chi connectivity index (χ0) is 20.4. The van der Waals surface area contributed by atoms with Crippen molar-refractivity contribution in [3.8, 4) is 5.69 Å². The summed E-state index contributed by atoms with van der Waals surface area (Å²) in [5.41, 5.74) is 5.63. The minimum absolute atomic E-state index is 0.277. The first-order valence-corrected chi connectivity index (χ1v) is 9.80. The van der Waals surface area contributed by atoms with Crippen molar-refractivity contribution in [2.75, 3.05) is 24.5 Å². The third-order valence-corrected chi connectivity index (χ3v) is 5.29. The topological polar surface area (TPSA) is 57.6 Å². The molecule has 0 atom stereocenters. The van der Waals surface area contributed by atoms with Gasteiger partial charge in [0.15, 0.2) is 0 Å². The lowest BCUT2D eigenvalue weighted by Crippen LogP contribution is -2.30. The summed E-state index contributed by atoms with van der Waals surface area (Å²) >= 11 is 0. The second-order valence-corrected chi connectivity index (χ2v) is 6.89. The number of carbonyl (C=O) groups excluding carboxylic acids is 2. The van der Waals surface area contributed by atoms with Gasteiger partial charge < -0.3 is 14.8 Å². The molecule has 1 N–H and O–H groups in total. The van der Waals surface area contributed by atoms with Crippen LogP contribution in [0.1, 0.15) is 37.7 Å². The number of aryl methyl sites for hydroxylation is 1. The summed E-state index contributed by atoms with van der Waals surface area (Å²) in [4.78, 5) is 27.7. The predicted octanol–water partition coefficient (Wildman–Crippen LogP) is 3.85. The van der Waals surface area contributed by atoms with Crippen molar-refractivity contribution < 1.29 is 9.59 Å². The highest BCUT2D eigenvalue weighted by Gasteiger charge is 2.32. The molecule has 3 rings (SSSR count). The van der Waals surface area contributed by atoms with Gasteiger partial charge >= 0.3 is 6.03 Å². The molecule has 0 radical (unpaired) electrons. The van der Waals surface area contributed by atoms with Gasteiger partial charge in [0.05, 0.1) is 0 Å². The van der Waals surface area contributed by atoms with Crippen molar-refractivity contribution in [3.63, 3.8) is 0 Å². The molecule has 0 aliphatic carbocycles. The molecule has 1 fully saturated rings. The first-order chi connectivity index (χ1) is 13.4. The number of imide groups is 1. The molecule has 1 saturated heterocycles. The number of benzene rings is 1. The molecule has 0 saturated carbocycles. The van der Waals surface area contributed by atoms with Crippen molar-refractivity contribution in [3.05, 3.63) is 53.0 Å². The molecule has 2 aromatic rings. The van der Waals surface area contributed by atoms with E-state index in [1.165, 1.54) is 10.6 Å². The number of carbonyl (C=O) groups is 2. The molecule has 1 aliphatic heterocycles. The van der Waals surface area contributed by atoms with E-state index < -0.39 is 0 Å². The van der Waals surface area contributed by atoms with Gasteiger partial charge in [-0.3, -0.25) is 9.69 Å². The number of aromatic nitrogens is 1. The van der Waals surface area contributed by atoms with E-state index in [0.29, 0.717) is 12.2 Å². The molecular formula is C22H28N4O2. The van der Waals surface area contributed by atoms with Gasteiger partial charge in [-0.25, -0.2) is 4.79 Å². The summed E-state index contributed by atoms with van der Waals surface area (Å²) in [5.74, 6) is -0.277. The summed E-state index contributed by atoms with van der Waals surface area (Å²) in [5, 5.41) is 2.67. The van der Waals surface area contributed by atoms with Gasteiger partial charge in [0.2, 0.25) is 0 Å². The van der Waals surface area contributed by atoms with E-state index in [1.54, 1.807) is 13.0 Å². The monoisotopic (exact) mass is 380 g/mol. The Bertz CT molecular complexity index is 921. The van der Waals surface area contributed by atoms with Gasteiger partial charge in [0, 0.05) is 42.4 Å². The summed E-state index contributed by atoms with van der Waals surface area (Å²) in [6, 6.07) is 10.2. The number of amides is 3. The number of hydrogen-bond acceptors (Lipinski definition) is 3. The molecule has 28 heavy (non-hydrogen) atoms. The van der Waals surface area contributed by atoms with Crippen molar-refractivity contribution in [2.24, 2.45) is 0 Å². The normalized spacial score (nSPS) is 15.5. The van der Waals surface area contributed by atoms with Gasteiger partial charge in [-0.1, -0.05) is 0 Å². The van der Waals surface area contributed by atoms with Crippen molar-refractivity contribution in [1.82, 2.24) is 14.8 Å². The molecule has 0 bridgehead atoms. The quantitative estimate of drug-likeness (QED) is 0.612. The molecule has 0 unspecified atom stereocenters. The minimum atomic E-state index is -0.362. The highest BCUT2D eigenvalue weighted by molar-refractivity contribution is 6.14. The molecular weight excluding hydrogens is 352 g/mol. The minimum Gasteiger partial charge on any atom is -0.372 e. The first kappa shape index (κ1) is 19.7. The van der Waals surface area contributed by atoms with Gasteiger partial charge in [0.1, 0.15) is 5.70 Å². The first-order valence-electron chi connectivity index (χ1n) is 9.80. The second-order valence-electron chi connectivity index (χ2n) is 6.89. The summed E-state index contributed by atoms with van der Waals surface area (Å²) in [7, 11) is 0. The Kier molecular flexibility index (Phi) is 5.58. The smallest absolute Gasteiger partial charge is 0.328 e. The third kappa shape index (κ3) is 3.42. The lowest BCUT2D eigenvalue weighted by atomic mass is 10.2. The average Bonchev–Trinajstić information content (AvgIpc) is 3.11. The molecule has 1 aromatic heterocycles. The lowest BCUT2D eigenvalue weighted by molar-refractivity contribution is -0.122. The fourth-order valence-electron chi connectivity index (χ4n) is 3.75. The highest BCUT2D eigenvalue weighted by atomic mass is 16.2. The molecule has 1 aliphatic rings. The zero-order valence-electron chi connectivity index (χ0n) is 17.2.